The highest BCUT2D eigenvalue weighted by atomic mass is 32.1. The van der Waals surface area contributed by atoms with Gasteiger partial charge in [-0.05, 0) is 60.5 Å². The number of hydrogen-bond donors (Lipinski definition) is 1. The molecule has 0 spiro atoms. The maximum absolute atomic E-state index is 5.75. The van der Waals surface area contributed by atoms with Crippen molar-refractivity contribution in [2.24, 2.45) is 0 Å². The summed E-state index contributed by atoms with van der Waals surface area (Å²) in [5.74, 6) is 0. The number of benzene rings is 3. The highest BCUT2D eigenvalue weighted by Crippen LogP contribution is 2.17. The lowest BCUT2D eigenvalue weighted by molar-refractivity contribution is 0.413. The normalized spacial score (nSPS) is 10.4. The van der Waals surface area contributed by atoms with E-state index in [1.54, 1.807) is 0 Å². The van der Waals surface area contributed by atoms with Crippen LogP contribution in [0.5, 0.6) is 0 Å². The molecular formula is C23H24N2S. The predicted octanol–water partition coefficient (Wildman–Crippen LogP) is 5.70. The van der Waals surface area contributed by atoms with Crippen molar-refractivity contribution < 1.29 is 0 Å². The first-order valence-electron chi connectivity index (χ1n) is 8.83. The summed E-state index contributed by atoms with van der Waals surface area (Å²) in [6.07, 6.45) is 0. The van der Waals surface area contributed by atoms with E-state index in [0.717, 1.165) is 23.9 Å². The van der Waals surface area contributed by atoms with Crippen LogP contribution in [0.4, 0.5) is 5.69 Å². The first kappa shape index (κ1) is 18.2. The van der Waals surface area contributed by atoms with E-state index in [0.29, 0.717) is 0 Å². The third-order valence-electron chi connectivity index (χ3n) is 4.48. The SMILES string of the molecule is Cc1ccc(NC(=S)N(Cc2ccccc2)Cc2ccccc2)cc1C. The molecule has 0 aromatic heterocycles. The van der Waals surface area contributed by atoms with Gasteiger partial charge in [0.2, 0.25) is 0 Å². The monoisotopic (exact) mass is 360 g/mol. The van der Waals surface area contributed by atoms with Gasteiger partial charge in [-0.1, -0.05) is 66.7 Å². The van der Waals surface area contributed by atoms with Gasteiger partial charge in [-0.3, -0.25) is 0 Å². The van der Waals surface area contributed by atoms with Gasteiger partial charge in [0.15, 0.2) is 5.11 Å². The molecule has 3 heteroatoms. The second-order valence-electron chi connectivity index (χ2n) is 6.56. The van der Waals surface area contributed by atoms with Crippen LogP contribution in [0.25, 0.3) is 0 Å². The zero-order valence-electron chi connectivity index (χ0n) is 15.3. The van der Waals surface area contributed by atoms with E-state index in [2.05, 4.69) is 90.8 Å². The Bertz CT molecular complexity index is 818. The molecule has 0 unspecified atom stereocenters. The van der Waals surface area contributed by atoms with Gasteiger partial charge in [0.25, 0.3) is 0 Å². The van der Waals surface area contributed by atoms with Crippen molar-refractivity contribution in [2.75, 3.05) is 5.32 Å². The summed E-state index contributed by atoms with van der Waals surface area (Å²) in [6.45, 7) is 5.78. The Morgan fingerprint density at radius 1 is 0.769 bits per heavy atom. The van der Waals surface area contributed by atoms with Crippen LogP contribution in [0.3, 0.4) is 0 Å². The molecular weight excluding hydrogens is 336 g/mol. The predicted molar refractivity (Wildman–Crippen MR) is 114 cm³/mol. The van der Waals surface area contributed by atoms with Gasteiger partial charge in [0.05, 0.1) is 0 Å². The van der Waals surface area contributed by atoms with E-state index >= 15 is 0 Å². The smallest absolute Gasteiger partial charge is 0.174 e. The molecule has 0 amide bonds. The van der Waals surface area contributed by atoms with Gasteiger partial charge in [0.1, 0.15) is 0 Å². The Balaban J connectivity index is 1.78. The number of aryl methyl sites for hydroxylation is 2. The van der Waals surface area contributed by atoms with Crippen molar-refractivity contribution >= 4 is 23.0 Å². The number of anilines is 1. The van der Waals surface area contributed by atoms with Crippen LogP contribution in [0.15, 0.2) is 78.9 Å². The van der Waals surface area contributed by atoms with Crippen LogP contribution in [0.1, 0.15) is 22.3 Å². The highest BCUT2D eigenvalue weighted by Gasteiger charge is 2.12. The van der Waals surface area contributed by atoms with Crippen molar-refractivity contribution in [1.29, 1.82) is 0 Å². The minimum atomic E-state index is 0.737. The second kappa shape index (κ2) is 8.63. The Morgan fingerprint density at radius 3 is 1.81 bits per heavy atom. The third-order valence-corrected chi connectivity index (χ3v) is 4.84. The molecule has 0 aliphatic carbocycles. The number of rotatable bonds is 5. The maximum atomic E-state index is 5.75. The van der Waals surface area contributed by atoms with Gasteiger partial charge in [0, 0.05) is 18.8 Å². The molecule has 3 rings (SSSR count). The molecule has 0 saturated heterocycles. The zero-order chi connectivity index (χ0) is 18.4. The third kappa shape index (κ3) is 4.93. The largest absolute Gasteiger partial charge is 0.340 e. The van der Waals surface area contributed by atoms with E-state index in [1.807, 2.05) is 12.1 Å². The molecule has 1 N–H and O–H groups in total. The Kier molecular flexibility index (Phi) is 6.03. The quantitative estimate of drug-likeness (QED) is 0.587. The lowest BCUT2D eigenvalue weighted by atomic mass is 10.1. The summed E-state index contributed by atoms with van der Waals surface area (Å²) in [5.41, 5.74) is 6.06. The van der Waals surface area contributed by atoms with Crippen molar-refractivity contribution in [1.82, 2.24) is 4.90 Å². The zero-order valence-corrected chi connectivity index (χ0v) is 16.1. The maximum Gasteiger partial charge on any atom is 0.174 e. The molecule has 0 bridgehead atoms. The number of nitrogens with one attached hydrogen (secondary N) is 1. The van der Waals surface area contributed by atoms with Gasteiger partial charge in [-0.25, -0.2) is 0 Å². The molecule has 132 valence electrons. The van der Waals surface area contributed by atoms with E-state index < -0.39 is 0 Å². The summed E-state index contributed by atoms with van der Waals surface area (Å²) >= 11 is 5.75. The average molecular weight is 361 g/mol. The van der Waals surface area contributed by atoms with Gasteiger partial charge in [-0.2, -0.15) is 0 Å². The minimum absolute atomic E-state index is 0.737. The van der Waals surface area contributed by atoms with Crippen LogP contribution in [-0.2, 0) is 13.1 Å². The van der Waals surface area contributed by atoms with E-state index in [9.17, 15) is 0 Å². The fourth-order valence-corrected chi connectivity index (χ4v) is 3.08. The fraction of sp³-hybridized carbons (Fsp3) is 0.174. The number of hydrogen-bond acceptors (Lipinski definition) is 1. The lowest BCUT2D eigenvalue weighted by Crippen LogP contribution is -2.33. The van der Waals surface area contributed by atoms with Crippen LogP contribution in [-0.4, -0.2) is 10.0 Å². The summed E-state index contributed by atoms with van der Waals surface area (Å²) in [4.78, 5) is 2.20. The number of thiocarbonyl (C=S) groups is 1. The van der Waals surface area contributed by atoms with Crippen molar-refractivity contribution in [2.45, 2.75) is 26.9 Å². The molecule has 0 fully saturated rings. The molecule has 2 nitrogen and oxygen atoms in total. The summed E-state index contributed by atoms with van der Waals surface area (Å²) in [7, 11) is 0. The molecule has 0 saturated carbocycles. The fourth-order valence-electron chi connectivity index (χ4n) is 2.83. The van der Waals surface area contributed by atoms with Crippen LogP contribution >= 0.6 is 12.2 Å². The lowest BCUT2D eigenvalue weighted by Gasteiger charge is -2.26. The van der Waals surface area contributed by atoms with Crippen molar-refractivity contribution in [3.05, 3.63) is 101 Å². The highest BCUT2D eigenvalue weighted by molar-refractivity contribution is 7.80. The summed E-state index contributed by atoms with van der Waals surface area (Å²) < 4.78 is 0. The van der Waals surface area contributed by atoms with Crippen molar-refractivity contribution in [3.8, 4) is 0 Å². The topological polar surface area (TPSA) is 15.3 Å². The van der Waals surface area contributed by atoms with Gasteiger partial charge in [-0.15, -0.1) is 0 Å². The molecule has 26 heavy (non-hydrogen) atoms. The molecule has 0 heterocycles. The minimum Gasteiger partial charge on any atom is -0.340 e. The number of nitrogens with zero attached hydrogens (tertiary/aromatic N) is 1. The Labute approximate surface area is 161 Å². The van der Waals surface area contributed by atoms with Crippen LogP contribution in [0, 0.1) is 13.8 Å². The first-order valence-corrected chi connectivity index (χ1v) is 9.23. The van der Waals surface area contributed by atoms with Crippen LogP contribution < -0.4 is 5.32 Å². The molecule has 0 radical (unpaired) electrons. The van der Waals surface area contributed by atoms with Crippen molar-refractivity contribution in [3.63, 3.8) is 0 Å². The summed E-state index contributed by atoms with van der Waals surface area (Å²) in [6, 6.07) is 27.2. The molecule has 3 aromatic carbocycles. The molecule has 3 aromatic rings. The summed E-state index contributed by atoms with van der Waals surface area (Å²) in [5, 5.41) is 4.14. The van der Waals surface area contributed by atoms with Gasteiger partial charge >= 0.3 is 0 Å². The average Bonchev–Trinajstić information content (AvgIpc) is 2.66. The second-order valence-corrected chi connectivity index (χ2v) is 6.94. The molecule has 0 atom stereocenters. The molecule has 0 aliphatic rings. The van der Waals surface area contributed by atoms with E-state index in [1.165, 1.54) is 22.3 Å². The van der Waals surface area contributed by atoms with Crippen LogP contribution in [0.2, 0.25) is 0 Å². The van der Waals surface area contributed by atoms with E-state index in [-0.39, 0.29) is 0 Å². The molecule has 0 aliphatic heterocycles. The van der Waals surface area contributed by atoms with E-state index in [4.69, 9.17) is 12.2 Å². The first-order chi connectivity index (χ1) is 12.6. The Morgan fingerprint density at radius 2 is 1.31 bits per heavy atom. The Hall–Kier alpha value is -2.65. The standard InChI is InChI=1S/C23H24N2S/c1-18-13-14-22(15-19(18)2)24-23(26)25(16-20-9-5-3-6-10-20)17-21-11-7-4-8-12-21/h3-15H,16-17H2,1-2H3,(H,24,26). The van der Waals surface area contributed by atoms with Gasteiger partial charge < -0.3 is 10.2 Å².